The molecule has 17 heavy (non-hydrogen) atoms. The molecule has 0 aromatic rings. The molecule has 0 bridgehead atoms. The Hall–Kier alpha value is -2.25. The number of hydrogen-bond donors (Lipinski definition) is 3. The van der Waals surface area contributed by atoms with Gasteiger partial charge in [0.05, 0.1) is 0 Å². The second-order valence-corrected chi connectivity index (χ2v) is 3.78. The number of hydrogen-bond acceptors (Lipinski definition) is 4. The van der Waals surface area contributed by atoms with E-state index >= 15 is 0 Å². The molecule has 8 nitrogen and oxygen atoms in total. The standard InChI is InChI=1S/C9H9N3O5/c13-6-5(7(14)11-9(17)10-6)12-3-1-2-4(12)8(15)16/h4H,1-3H2,(H2-,10,11,13,14,15,16,17)/p+1/t4-/m0/s1. The number of carboxylic acid groups (broad SMARTS) is 1. The van der Waals surface area contributed by atoms with Gasteiger partial charge >= 0.3 is 29.5 Å². The van der Waals surface area contributed by atoms with Crippen LogP contribution in [-0.2, 0) is 14.4 Å². The quantitative estimate of drug-likeness (QED) is 0.461. The fourth-order valence-electron chi connectivity index (χ4n) is 2.01. The van der Waals surface area contributed by atoms with Crippen molar-refractivity contribution in [3.63, 3.8) is 0 Å². The number of nitrogens with zero attached hydrogens (tertiary/aromatic N) is 1. The van der Waals surface area contributed by atoms with Gasteiger partial charge in [-0.25, -0.2) is 14.2 Å². The highest BCUT2D eigenvalue weighted by Gasteiger charge is 2.45. The van der Waals surface area contributed by atoms with E-state index in [1.165, 1.54) is 4.58 Å². The maximum absolute atomic E-state index is 11.5. The van der Waals surface area contributed by atoms with E-state index in [9.17, 15) is 19.2 Å². The molecule has 2 fully saturated rings. The monoisotopic (exact) mass is 240 g/mol. The molecule has 3 N–H and O–H groups in total. The van der Waals surface area contributed by atoms with Gasteiger partial charge < -0.3 is 5.11 Å². The minimum absolute atomic E-state index is 0.307. The number of aliphatic carboxylic acids is 1. The van der Waals surface area contributed by atoms with E-state index < -0.39 is 29.9 Å². The van der Waals surface area contributed by atoms with E-state index in [1.807, 2.05) is 10.6 Å². The van der Waals surface area contributed by atoms with E-state index in [0.717, 1.165) is 0 Å². The van der Waals surface area contributed by atoms with Crippen LogP contribution in [0.3, 0.4) is 0 Å². The first-order chi connectivity index (χ1) is 8.00. The summed E-state index contributed by atoms with van der Waals surface area (Å²) < 4.78 is 1.22. The van der Waals surface area contributed by atoms with E-state index in [1.54, 1.807) is 0 Å². The lowest BCUT2D eigenvalue weighted by atomic mass is 10.2. The fraction of sp³-hybridized carbons (Fsp3) is 0.444. The van der Waals surface area contributed by atoms with Crippen LogP contribution in [0, 0.1) is 0 Å². The van der Waals surface area contributed by atoms with Crippen molar-refractivity contribution in [3.05, 3.63) is 0 Å². The number of nitrogens with one attached hydrogen (secondary N) is 2. The summed E-state index contributed by atoms with van der Waals surface area (Å²) in [7, 11) is 0. The SMILES string of the molecule is O=C1NC(=O)C(=[N+]2CCC[C@H]2C(=O)O)C(=O)N1. The average Bonchev–Trinajstić information content (AvgIpc) is 2.64. The number of barbiturate groups is 1. The van der Waals surface area contributed by atoms with Crippen molar-refractivity contribution in [2.24, 2.45) is 0 Å². The summed E-state index contributed by atoms with van der Waals surface area (Å²) in [6, 6.07) is -1.79. The summed E-state index contributed by atoms with van der Waals surface area (Å²) in [5, 5.41) is 12.8. The Bertz CT molecular complexity index is 445. The van der Waals surface area contributed by atoms with Gasteiger partial charge in [0.1, 0.15) is 6.54 Å². The summed E-state index contributed by atoms with van der Waals surface area (Å²) in [6.07, 6.45) is 0.947. The predicted octanol–water partition coefficient (Wildman–Crippen LogP) is -1.95. The summed E-state index contributed by atoms with van der Waals surface area (Å²) in [4.78, 5) is 44.8. The van der Waals surface area contributed by atoms with Crippen LogP contribution in [0.1, 0.15) is 12.8 Å². The second kappa shape index (κ2) is 3.96. The van der Waals surface area contributed by atoms with Crippen LogP contribution in [0.25, 0.3) is 0 Å². The molecule has 8 heteroatoms. The number of carbonyl (C=O) groups is 4. The van der Waals surface area contributed by atoms with Crippen LogP contribution in [0.4, 0.5) is 4.79 Å². The Morgan fingerprint density at radius 3 is 2.35 bits per heavy atom. The van der Waals surface area contributed by atoms with Gasteiger partial charge in [0.15, 0.2) is 0 Å². The van der Waals surface area contributed by atoms with Crippen molar-refractivity contribution in [3.8, 4) is 0 Å². The molecule has 2 heterocycles. The van der Waals surface area contributed by atoms with E-state index in [0.29, 0.717) is 19.4 Å². The molecule has 0 aliphatic carbocycles. The molecule has 0 spiro atoms. The zero-order valence-electron chi connectivity index (χ0n) is 8.73. The van der Waals surface area contributed by atoms with Crippen LogP contribution in [0.2, 0.25) is 0 Å². The third-order valence-electron chi connectivity index (χ3n) is 2.71. The first kappa shape index (κ1) is 11.2. The number of rotatable bonds is 1. The van der Waals surface area contributed by atoms with Crippen LogP contribution in [0.5, 0.6) is 0 Å². The van der Waals surface area contributed by atoms with Gasteiger partial charge in [0.2, 0.25) is 6.04 Å². The molecule has 2 aliphatic heterocycles. The van der Waals surface area contributed by atoms with Gasteiger partial charge in [0, 0.05) is 12.8 Å². The molecule has 2 aliphatic rings. The third kappa shape index (κ3) is 1.88. The largest absolute Gasteiger partial charge is 0.476 e. The van der Waals surface area contributed by atoms with Crippen molar-refractivity contribution < 1.29 is 28.9 Å². The maximum atomic E-state index is 11.5. The first-order valence-electron chi connectivity index (χ1n) is 5.04. The first-order valence-corrected chi connectivity index (χ1v) is 5.04. The predicted molar refractivity (Wildman–Crippen MR) is 52.5 cm³/mol. The highest BCUT2D eigenvalue weighted by Crippen LogP contribution is 2.13. The normalized spacial score (nSPS) is 24.7. The van der Waals surface area contributed by atoms with Gasteiger partial charge in [-0.1, -0.05) is 0 Å². The number of imide groups is 2. The summed E-state index contributed by atoms with van der Waals surface area (Å²) in [6.45, 7) is 0.307. The Kier molecular flexibility index (Phi) is 2.62. The molecule has 1 atom stereocenters. The molecule has 90 valence electrons. The van der Waals surface area contributed by atoms with Gasteiger partial charge in [-0.15, -0.1) is 0 Å². The third-order valence-corrected chi connectivity index (χ3v) is 2.71. The minimum Gasteiger partial charge on any atom is -0.476 e. The number of amides is 4. The maximum Gasteiger partial charge on any atom is 0.372 e. The lowest BCUT2D eigenvalue weighted by Crippen LogP contribution is -2.59. The molecule has 0 aromatic carbocycles. The Morgan fingerprint density at radius 1 is 1.24 bits per heavy atom. The second-order valence-electron chi connectivity index (χ2n) is 3.78. The molecule has 0 radical (unpaired) electrons. The molecular weight excluding hydrogens is 230 g/mol. The average molecular weight is 240 g/mol. The van der Waals surface area contributed by atoms with E-state index in [4.69, 9.17) is 5.11 Å². The fourth-order valence-corrected chi connectivity index (χ4v) is 2.01. The van der Waals surface area contributed by atoms with Gasteiger partial charge in [-0.3, -0.25) is 20.2 Å². The van der Waals surface area contributed by atoms with Crippen molar-refractivity contribution in [1.29, 1.82) is 0 Å². The van der Waals surface area contributed by atoms with E-state index in [-0.39, 0.29) is 5.71 Å². The van der Waals surface area contributed by atoms with Crippen molar-refractivity contribution in [2.45, 2.75) is 18.9 Å². The van der Waals surface area contributed by atoms with Crippen molar-refractivity contribution >= 4 is 29.5 Å². The number of carbonyl (C=O) groups excluding carboxylic acids is 3. The molecule has 2 saturated heterocycles. The Morgan fingerprint density at radius 2 is 1.82 bits per heavy atom. The zero-order valence-corrected chi connectivity index (χ0v) is 8.73. The smallest absolute Gasteiger partial charge is 0.372 e. The number of carboxylic acids is 1. The highest BCUT2D eigenvalue weighted by molar-refractivity contribution is 6.67. The van der Waals surface area contributed by atoms with Gasteiger partial charge in [-0.05, 0) is 0 Å². The summed E-state index contributed by atoms with van der Waals surface area (Å²) in [5.41, 5.74) is -0.311. The molecule has 0 unspecified atom stereocenters. The van der Waals surface area contributed by atoms with Crippen molar-refractivity contribution in [2.75, 3.05) is 6.54 Å². The highest BCUT2D eigenvalue weighted by atomic mass is 16.4. The zero-order chi connectivity index (χ0) is 12.6. The van der Waals surface area contributed by atoms with Crippen LogP contribution < -0.4 is 10.6 Å². The molecule has 0 aromatic heterocycles. The lowest BCUT2D eigenvalue weighted by Gasteiger charge is -2.13. The summed E-state index contributed by atoms with van der Waals surface area (Å²) >= 11 is 0. The molecule has 4 amide bonds. The van der Waals surface area contributed by atoms with Crippen LogP contribution >= 0.6 is 0 Å². The Labute approximate surface area is 95.3 Å². The van der Waals surface area contributed by atoms with E-state index in [2.05, 4.69) is 0 Å². The molecular formula is C9H10N3O5+. The Balaban J connectivity index is 2.42. The summed E-state index contributed by atoms with van der Waals surface area (Å²) in [5.74, 6) is -2.80. The van der Waals surface area contributed by atoms with Gasteiger partial charge in [0.25, 0.3) is 0 Å². The molecule has 2 rings (SSSR count). The topological polar surface area (TPSA) is 116 Å². The van der Waals surface area contributed by atoms with Crippen LogP contribution in [-0.4, -0.2) is 51.8 Å². The molecule has 0 saturated carbocycles. The minimum atomic E-state index is -1.09. The lowest BCUT2D eigenvalue weighted by molar-refractivity contribution is -0.530. The van der Waals surface area contributed by atoms with Crippen molar-refractivity contribution in [1.82, 2.24) is 10.6 Å². The number of urea groups is 1. The van der Waals surface area contributed by atoms with Gasteiger partial charge in [-0.2, -0.15) is 0 Å². The van der Waals surface area contributed by atoms with Crippen LogP contribution in [0.15, 0.2) is 0 Å².